The molecule has 0 saturated heterocycles. The maximum atomic E-state index is 12.7. The van der Waals surface area contributed by atoms with Gasteiger partial charge < -0.3 is 20.1 Å². The number of allylic oxidation sites excluding steroid dienone is 1. The van der Waals surface area contributed by atoms with Gasteiger partial charge in [-0.25, -0.2) is 4.79 Å². The number of carbonyl (C=O) groups excluding carboxylic acids is 1. The SMILES string of the molecule is CC(=O)O[C@H]1C[C@@]2(C)[C@@H](C[C@@H](O)[C@H]3[C@@]4(C)CC[C@@H](O)[C@@H](C)[C@@H]4CC[C@@]32C)C1=C(CCC=C(F)F)C(=O)O. The number of ether oxygens (including phenoxy) is 1. The molecule has 4 aliphatic carbocycles. The van der Waals surface area contributed by atoms with Crippen LogP contribution in [0.1, 0.15) is 86.0 Å². The Morgan fingerprint density at radius 1 is 1.08 bits per heavy atom. The van der Waals surface area contributed by atoms with Crippen LogP contribution >= 0.6 is 0 Å². The number of halogens is 2. The Morgan fingerprint density at radius 3 is 2.35 bits per heavy atom. The maximum absolute atomic E-state index is 12.7. The maximum Gasteiger partial charge on any atom is 0.331 e. The van der Waals surface area contributed by atoms with Crippen molar-refractivity contribution in [2.75, 3.05) is 0 Å². The van der Waals surface area contributed by atoms with Crippen molar-refractivity contribution in [3.8, 4) is 0 Å². The molecule has 37 heavy (non-hydrogen) atoms. The molecular formula is C29H42F2O6. The van der Waals surface area contributed by atoms with Crippen molar-refractivity contribution in [3.05, 3.63) is 23.3 Å². The Balaban J connectivity index is 1.82. The van der Waals surface area contributed by atoms with E-state index in [1.165, 1.54) is 6.92 Å². The molecule has 4 aliphatic rings. The molecule has 0 heterocycles. The van der Waals surface area contributed by atoms with Crippen LogP contribution in [0, 0.1) is 39.9 Å². The lowest BCUT2D eigenvalue weighted by molar-refractivity contribution is -0.234. The zero-order chi connectivity index (χ0) is 27.5. The first kappa shape index (κ1) is 28.2. The van der Waals surface area contributed by atoms with Gasteiger partial charge in [0.25, 0.3) is 6.08 Å². The predicted octanol–water partition coefficient (Wildman–Crippen LogP) is 5.48. The largest absolute Gasteiger partial charge is 0.478 e. The lowest BCUT2D eigenvalue weighted by atomic mass is 9.36. The van der Waals surface area contributed by atoms with Crippen LogP contribution in [0.4, 0.5) is 8.78 Å². The van der Waals surface area contributed by atoms with E-state index in [2.05, 4.69) is 27.7 Å². The van der Waals surface area contributed by atoms with Crippen molar-refractivity contribution in [2.24, 2.45) is 39.9 Å². The Bertz CT molecular complexity index is 1000. The van der Waals surface area contributed by atoms with E-state index < -0.39 is 35.6 Å². The van der Waals surface area contributed by atoms with E-state index in [0.717, 1.165) is 19.3 Å². The van der Waals surface area contributed by atoms with Crippen LogP contribution in [0.2, 0.25) is 0 Å². The zero-order valence-corrected chi connectivity index (χ0v) is 22.6. The first-order valence-electron chi connectivity index (χ1n) is 13.7. The van der Waals surface area contributed by atoms with Crippen LogP contribution in [-0.2, 0) is 14.3 Å². The van der Waals surface area contributed by atoms with Gasteiger partial charge in [0.2, 0.25) is 0 Å². The van der Waals surface area contributed by atoms with Crippen LogP contribution in [0.15, 0.2) is 23.3 Å². The van der Waals surface area contributed by atoms with Crippen LogP contribution in [0.25, 0.3) is 0 Å². The van der Waals surface area contributed by atoms with Gasteiger partial charge in [-0.3, -0.25) is 4.79 Å². The summed E-state index contributed by atoms with van der Waals surface area (Å²) in [5.74, 6) is -1.69. The molecule has 0 aromatic heterocycles. The predicted molar refractivity (Wildman–Crippen MR) is 133 cm³/mol. The minimum Gasteiger partial charge on any atom is -0.478 e. The van der Waals surface area contributed by atoms with Crippen molar-refractivity contribution in [1.82, 2.24) is 0 Å². The zero-order valence-electron chi connectivity index (χ0n) is 22.6. The topological polar surface area (TPSA) is 104 Å². The lowest BCUT2D eigenvalue weighted by Crippen LogP contribution is -2.65. The second-order valence-electron chi connectivity index (χ2n) is 12.9. The molecule has 6 nitrogen and oxygen atoms in total. The summed E-state index contributed by atoms with van der Waals surface area (Å²) in [6, 6.07) is 0. The minimum atomic E-state index is -1.86. The van der Waals surface area contributed by atoms with Crippen LogP contribution in [0.5, 0.6) is 0 Å². The number of carbonyl (C=O) groups is 2. The van der Waals surface area contributed by atoms with Gasteiger partial charge in [-0.2, -0.15) is 8.78 Å². The van der Waals surface area contributed by atoms with Crippen LogP contribution in [-0.4, -0.2) is 45.6 Å². The standard InChI is InChI=1S/C29H42F2O6/c1-15-18-9-12-28(4)25(27(18,3)11-10-20(15)33)21(34)13-19-24(17(26(35)36)7-6-8-23(30)31)22(37-16(2)32)14-29(19,28)5/h8,15,18-22,25,33-34H,6-7,9-14H2,1-5H3,(H,35,36)/t15-,18-,19-,20+,21+,22-,25-,27-,28-,29-/m0/s1. The van der Waals surface area contributed by atoms with E-state index in [4.69, 9.17) is 4.74 Å². The Labute approximate surface area is 218 Å². The normalized spacial score (nSPS) is 46.2. The molecule has 4 fully saturated rings. The van der Waals surface area contributed by atoms with Crippen molar-refractivity contribution in [2.45, 2.75) is 104 Å². The summed E-state index contributed by atoms with van der Waals surface area (Å²) in [7, 11) is 0. The molecule has 8 heteroatoms. The monoisotopic (exact) mass is 524 g/mol. The smallest absolute Gasteiger partial charge is 0.331 e. The first-order valence-corrected chi connectivity index (χ1v) is 13.7. The number of hydrogen-bond acceptors (Lipinski definition) is 5. The highest BCUT2D eigenvalue weighted by Gasteiger charge is 2.70. The highest BCUT2D eigenvalue weighted by Crippen LogP contribution is 2.74. The third-order valence-corrected chi connectivity index (χ3v) is 11.3. The molecule has 4 saturated carbocycles. The summed E-state index contributed by atoms with van der Waals surface area (Å²) < 4.78 is 31.2. The molecule has 0 bridgehead atoms. The van der Waals surface area contributed by atoms with Gasteiger partial charge in [-0.05, 0) is 103 Å². The third kappa shape index (κ3) is 4.36. The molecule has 4 rings (SSSR count). The highest BCUT2D eigenvalue weighted by molar-refractivity contribution is 5.88. The van der Waals surface area contributed by atoms with Gasteiger partial charge in [0, 0.05) is 12.5 Å². The molecule has 10 atom stereocenters. The van der Waals surface area contributed by atoms with E-state index >= 15 is 0 Å². The Hall–Kier alpha value is -1.80. The molecule has 3 N–H and O–H groups in total. The number of carboxylic acid groups (broad SMARTS) is 1. The average molecular weight is 525 g/mol. The van der Waals surface area contributed by atoms with Gasteiger partial charge in [0.15, 0.2) is 0 Å². The molecule has 0 radical (unpaired) electrons. The number of esters is 1. The number of aliphatic carboxylic acids is 1. The summed E-state index contributed by atoms with van der Waals surface area (Å²) in [4.78, 5) is 24.5. The number of fused-ring (bicyclic) bond motifs is 5. The van der Waals surface area contributed by atoms with Gasteiger partial charge >= 0.3 is 11.9 Å². The molecule has 0 aromatic carbocycles. The van der Waals surface area contributed by atoms with E-state index in [9.17, 15) is 33.7 Å². The van der Waals surface area contributed by atoms with Crippen LogP contribution < -0.4 is 0 Å². The average Bonchev–Trinajstić information content (AvgIpc) is 3.05. The second-order valence-corrected chi connectivity index (χ2v) is 12.9. The van der Waals surface area contributed by atoms with Gasteiger partial charge in [0.05, 0.1) is 12.2 Å². The highest BCUT2D eigenvalue weighted by atomic mass is 19.3. The lowest BCUT2D eigenvalue weighted by Gasteiger charge is -2.69. The molecule has 0 aliphatic heterocycles. The fourth-order valence-electron chi connectivity index (χ4n) is 9.61. The Morgan fingerprint density at radius 2 is 1.76 bits per heavy atom. The Kier molecular flexibility index (Phi) is 7.43. The van der Waals surface area contributed by atoms with E-state index in [1.54, 1.807) is 0 Å². The number of hydrogen-bond donors (Lipinski definition) is 3. The van der Waals surface area contributed by atoms with E-state index in [0.29, 0.717) is 30.9 Å². The van der Waals surface area contributed by atoms with Crippen molar-refractivity contribution in [3.63, 3.8) is 0 Å². The molecule has 0 unspecified atom stereocenters. The van der Waals surface area contributed by atoms with E-state index in [1.807, 2.05) is 0 Å². The summed E-state index contributed by atoms with van der Waals surface area (Å²) in [5, 5.41) is 32.5. The van der Waals surface area contributed by atoms with Gasteiger partial charge in [-0.15, -0.1) is 0 Å². The number of rotatable bonds is 5. The molecule has 0 amide bonds. The summed E-state index contributed by atoms with van der Waals surface area (Å²) >= 11 is 0. The fraction of sp³-hybridized carbons (Fsp3) is 0.793. The molecule has 0 spiro atoms. The van der Waals surface area contributed by atoms with E-state index in [-0.39, 0.29) is 59.0 Å². The number of carboxylic acids is 1. The van der Waals surface area contributed by atoms with Crippen LogP contribution in [0.3, 0.4) is 0 Å². The quantitative estimate of drug-likeness (QED) is 0.325. The molecule has 0 aromatic rings. The van der Waals surface area contributed by atoms with Crippen molar-refractivity contribution < 1.29 is 38.4 Å². The summed E-state index contributed by atoms with van der Waals surface area (Å²) in [6.07, 6.45) is 0.831. The first-order chi connectivity index (χ1) is 17.2. The van der Waals surface area contributed by atoms with Gasteiger partial charge in [-0.1, -0.05) is 27.7 Å². The third-order valence-electron chi connectivity index (χ3n) is 11.3. The molecular weight excluding hydrogens is 482 g/mol. The number of aliphatic hydroxyl groups is 2. The minimum absolute atomic E-state index is 0.0148. The fourth-order valence-corrected chi connectivity index (χ4v) is 9.61. The molecule has 208 valence electrons. The summed E-state index contributed by atoms with van der Waals surface area (Å²) in [6.45, 7) is 10.0. The van der Waals surface area contributed by atoms with Crippen molar-refractivity contribution >= 4 is 11.9 Å². The van der Waals surface area contributed by atoms with Gasteiger partial charge in [0.1, 0.15) is 6.10 Å². The summed E-state index contributed by atoms with van der Waals surface area (Å²) in [5.41, 5.74) is -0.502. The second kappa shape index (κ2) is 9.74. The van der Waals surface area contributed by atoms with Crippen molar-refractivity contribution in [1.29, 1.82) is 0 Å². The number of aliphatic hydroxyl groups excluding tert-OH is 2.